The number of hydrogen-bond acceptors (Lipinski definition) is 4. The lowest BCUT2D eigenvalue weighted by atomic mass is 9.96. The number of hydrogen-bond donors (Lipinski definition) is 1. The molecule has 7 nitrogen and oxygen atoms in total. The molecule has 1 amide bonds. The van der Waals surface area contributed by atoms with Gasteiger partial charge in [-0.1, -0.05) is 12.1 Å². The summed E-state index contributed by atoms with van der Waals surface area (Å²) in [5.41, 5.74) is 2.26. The molecule has 2 heterocycles. The number of rotatable bonds is 3. The topological polar surface area (TPSA) is 88.3 Å². The van der Waals surface area contributed by atoms with E-state index in [1.165, 1.54) is 4.80 Å². The fraction of sp³-hybridized carbons (Fsp3) is 0.375. The first kappa shape index (κ1) is 15.2. The maximum absolute atomic E-state index is 12.5. The number of aromatic nitrogens is 3. The third kappa shape index (κ3) is 3.23. The van der Waals surface area contributed by atoms with Gasteiger partial charge in [0.15, 0.2) is 0 Å². The molecular weight excluding hydrogens is 296 g/mol. The van der Waals surface area contributed by atoms with Crippen LogP contribution >= 0.6 is 0 Å². The zero-order chi connectivity index (χ0) is 16.4. The molecule has 23 heavy (non-hydrogen) atoms. The number of benzene rings is 1. The Balaban J connectivity index is 1.68. The Morgan fingerprint density at radius 2 is 1.83 bits per heavy atom. The maximum atomic E-state index is 12.5. The van der Waals surface area contributed by atoms with Crippen LogP contribution in [-0.4, -0.2) is 50.0 Å². The molecule has 0 saturated carbocycles. The maximum Gasteiger partial charge on any atom is 0.306 e. The van der Waals surface area contributed by atoms with Gasteiger partial charge in [-0.2, -0.15) is 15.0 Å². The molecule has 0 unspecified atom stereocenters. The van der Waals surface area contributed by atoms with E-state index in [0.717, 1.165) is 11.3 Å². The van der Waals surface area contributed by atoms with Gasteiger partial charge in [0.05, 0.1) is 12.1 Å². The van der Waals surface area contributed by atoms with Gasteiger partial charge in [0.2, 0.25) is 0 Å². The summed E-state index contributed by atoms with van der Waals surface area (Å²) in [5.74, 6) is -1.16. The van der Waals surface area contributed by atoms with E-state index in [1.807, 2.05) is 12.1 Å². The van der Waals surface area contributed by atoms with Crippen molar-refractivity contribution in [2.45, 2.75) is 12.8 Å². The number of amides is 1. The van der Waals surface area contributed by atoms with Crippen LogP contribution in [0.25, 0.3) is 11.3 Å². The third-order valence-corrected chi connectivity index (χ3v) is 4.16. The number of carboxylic acid groups (broad SMARTS) is 1. The Kier molecular flexibility index (Phi) is 4.10. The highest BCUT2D eigenvalue weighted by atomic mass is 16.4. The largest absolute Gasteiger partial charge is 0.481 e. The first-order chi connectivity index (χ1) is 11.0. The summed E-state index contributed by atoms with van der Waals surface area (Å²) in [6, 6.07) is 7.24. The predicted molar refractivity (Wildman–Crippen MR) is 82.7 cm³/mol. The van der Waals surface area contributed by atoms with Crippen LogP contribution in [0.5, 0.6) is 0 Å². The molecule has 120 valence electrons. The van der Waals surface area contributed by atoms with Gasteiger partial charge in [-0.15, -0.1) is 0 Å². The first-order valence-corrected chi connectivity index (χ1v) is 7.53. The van der Waals surface area contributed by atoms with Crippen LogP contribution in [0.2, 0.25) is 0 Å². The van der Waals surface area contributed by atoms with Crippen LogP contribution in [0.15, 0.2) is 30.5 Å². The quantitative estimate of drug-likeness (QED) is 0.925. The van der Waals surface area contributed by atoms with E-state index >= 15 is 0 Å². The summed E-state index contributed by atoms with van der Waals surface area (Å²) in [6.07, 6.45) is 2.70. The second kappa shape index (κ2) is 6.20. The van der Waals surface area contributed by atoms with Crippen molar-refractivity contribution in [3.63, 3.8) is 0 Å². The van der Waals surface area contributed by atoms with Gasteiger partial charge < -0.3 is 10.0 Å². The Labute approximate surface area is 133 Å². The molecule has 1 aliphatic rings. The number of carboxylic acids is 1. The molecule has 1 fully saturated rings. The number of aliphatic carboxylic acids is 1. The SMILES string of the molecule is Cn1ncc(-c2ccc(C(=O)N3CCC(C(=O)O)CC3)cc2)n1. The van der Waals surface area contributed by atoms with E-state index in [1.54, 1.807) is 30.3 Å². The summed E-state index contributed by atoms with van der Waals surface area (Å²) in [5, 5.41) is 17.3. The van der Waals surface area contributed by atoms with Crippen molar-refractivity contribution < 1.29 is 14.7 Å². The summed E-state index contributed by atoms with van der Waals surface area (Å²) < 4.78 is 0. The minimum absolute atomic E-state index is 0.0560. The monoisotopic (exact) mass is 314 g/mol. The minimum atomic E-state index is -0.773. The van der Waals surface area contributed by atoms with Crippen LogP contribution in [-0.2, 0) is 11.8 Å². The molecule has 0 radical (unpaired) electrons. The van der Waals surface area contributed by atoms with Crippen molar-refractivity contribution in [2.24, 2.45) is 13.0 Å². The molecular formula is C16H18N4O3. The molecule has 0 bridgehead atoms. The van der Waals surface area contributed by atoms with Gasteiger partial charge in [0, 0.05) is 31.3 Å². The van der Waals surface area contributed by atoms with Crippen LogP contribution in [0.1, 0.15) is 23.2 Å². The lowest BCUT2D eigenvalue weighted by Crippen LogP contribution is -2.40. The molecule has 1 aliphatic heterocycles. The molecule has 0 aliphatic carbocycles. The van der Waals surface area contributed by atoms with Gasteiger partial charge in [0.1, 0.15) is 5.69 Å². The highest BCUT2D eigenvalue weighted by molar-refractivity contribution is 5.94. The predicted octanol–water partition coefficient (Wildman–Crippen LogP) is 1.42. The van der Waals surface area contributed by atoms with Gasteiger partial charge in [-0.3, -0.25) is 9.59 Å². The van der Waals surface area contributed by atoms with E-state index in [9.17, 15) is 9.59 Å². The summed E-state index contributed by atoms with van der Waals surface area (Å²) >= 11 is 0. The van der Waals surface area contributed by atoms with Gasteiger partial charge in [0.25, 0.3) is 5.91 Å². The Bertz CT molecular complexity index is 715. The number of carbonyl (C=O) groups excluding carboxylic acids is 1. The second-order valence-corrected chi connectivity index (χ2v) is 5.70. The highest BCUT2D eigenvalue weighted by Crippen LogP contribution is 2.21. The van der Waals surface area contributed by atoms with Gasteiger partial charge >= 0.3 is 5.97 Å². The third-order valence-electron chi connectivity index (χ3n) is 4.16. The first-order valence-electron chi connectivity index (χ1n) is 7.53. The molecule has 7 heteroatoms. The van der Waals surface area contributed by atoms with Gasteiger partial charge in [-0.05, 0) is 25.0 Å². The fourth-order valence-corrected chi connectivity index (χ4v) is 2.77. The molecule has 3 rings (SSSR count). The van der Waals surface area contributed by atoms with Crippen molar-refractivity contribution >= 4 is 11.9 Å². The van der Waals surface area contributed by atoms with E-state index < -0.39 is 5.97 Å². The average Bonchev–Trinajstić information content (AvgIpc) is 3.01. The van der Waals surface area contributed by atoms with Crippen LogP contribution in [0, 0.1) is 5.92 Å². The number of piperidine rings is 1. The van der Waals surface area contributed by atoms with Crippen LogP contribution in [0.3, 0.4) is 0 Å². The van der Waals surface area contributed by atoms with E-state index in [-0.39, 0.29) is 11.8 Å². The number of aryl methyl sites for hydroxylation is 1. The number of likely N-dealkylation sites (tertiary alicyclic amines) is 1. The molecule has 0 spiro atoms. The highest BCUT2D eigenvalue weighted by Gasteiger charge is 2.27. The fourth-order valence-electron chi connectivity index (χ4n) is 2.77. The summed E-state index contributed by atoms with van der Waals surface area (Å²) in [6.45, 7) is 0.976. The Morgan fingerprint density at radius 1 is 1.17 bits per heavy atom. The summed E-state index contributed by atoms with van der Waals surface area (Å²) in [7, 11) is 1.75. The Morgan fingerprint density at radius 3 is 2.35 bits per heavy atom. The van der Waals surface area contributed by atoms with Crippen molar-refractivity contribution in [3.8, 4) is 11.3 Å². The zero-order valence-electron chi connectivity index (χ0n) is 12.8. The van der Waals surface area contributed by atoms with Crippen molar-refractivity contribution in [1.29, 1.82) is 0 Å². The average molecular weight is 314 g/mol. The lowest BCUT2D eigenvalue weighted by Gasteiger charge is -2.30. The van der Waals surface area contributed by atoms with Crippen LogP contribution < -0.4 is 0 Å². The Hall–Kier alpha value is -2.70. The van der Waals surface area contributed by atoms with Crippen molar-refractivity contribution in [2.75, 3.05) is 13.1 Å². The number of carbonyl (C=O) groups is 2. The molecule has 1 saturated heterocycles. The zero-order valence-corrected chi connectivity index (χ0v) is 12.8. The molecule has 0 atom stereocenters. The van der Waals surface area contributed by atoms with Crippen LogP contribution in [0.4, 0.5) is 0 Å². The van der Waals surface area contributed by atoms with E-state index in [0.29, 0.717) is 31.5 Å². The summed E-state index contributed by atoms with van der Waals surface area (Å²) in [4.78, 5) is 26.6. The standard InChI is InChI=1S/C16H18N4O3/c1-19-17-10-14(18-19)11-2-4-12(5-3-11)15(21)20-8-6-13(7-9-20)16(22)23/h2-5,10,13H,6-9H2,1H3,(H,22,23). The smallest absolute Gasteiger partial charge is 0.306 e. The van der Waals surface area contributed by atoms with Gasteiger partial charge in [-0.25, -0.2) is 0 Å². The van der Waals surface area contributed by atoms with E-state index in [4.69, 9.17) is 5.11 Å². The molecule has 1 aromatic carbocycles. The van der Waals surface area contributed by atoms with Crippen molar-refractivity contribution in [3.05, 3.63) is 36.0 Å². The minimum Gasteiger partial charge on any atom is -0.481 e. The lowest BCUT2D eigenvalue weighted by molar-refractivity contribution is -0.143. The molecule has 1 aromatic heterocycles. The molecule has 1 N–H and O–H groups in total. The molecule has 2 aromatic rings. The van der Waals surface area contributed by atoms with Crippen molar-refractivity contribution in [1.82, 2.24) is 19.9 Å². The normalized spacial score (nSPS) is 15.6. The number of nitrogens with zero attached hydrogens (tertiary/aromatic N) is 4. The second-order valence-electron chi connectivity index (χ2n) is 5.70. The van der Waals surface area contributed by atoms with E-state index in [2.05, 4.69) is 10.2 Å².